The number of rotatable bonds is 6. The Bertz CT molecular complexity index is 1580. The molecule has 0 saturated carbocycles. The van der Waals surface area contributed by atoms with E-state index in [1.807, 2.05) is 32.9 Å². The molecule has 1 fully saturated rings. The highest BCUT2D eigenvalue weighted by Gasteiger charge is 2.28. The molecular weight excluding hydrogens is 693 g/mol. The molecule has 1 aliphatic heterocycles. The predicted molar refractivity (Wildman–Crippen MR) is 165 cm³/mol. The number of carbonyl (C=O) groups excluding carboxylic acids is 1. The molecule has 1 atom stereocenters. The number of ether oxygens (including phenoxy) is 2. The Morgan fingerprint density at radius 3 is 2.60 bits per heavy atom. The molecule has 0 spiro atoms. The summed E-state index contributed by atoms with van der Waals surface area (Å²) in [4.78, 5) is 25.8. The average molecular weight is 719 g/mol. The van der Waals surface area contributed by atoms with E-state index in [1.165, 1.54) is 13.2 Å². The lowest BCUT2D eigenvalue weighted by Gasteiger charge is -2.36. The predicted octanol–water partition coefficient (Wildman–Crippen LogP) is 7.07. The zero-order valence-electron chi connectivity index (χ0n) is 22.1. The van der Waals surface area contributed by atoms with Crippen molar-refractivity contribution in [3.63, 3.8) is 0 Å². The van der Waals surface area contributed by atoms with Crippen molar-refractivity contribution >= 4 is 85.8 Å². The van der Waals surface area contributed by atoms with Gasteiger partial charge >= 0.3 is 6.09 Å². The van der Waals surface area contributed by atoms with Crippen molar-refractivity contribution < 1.29 is 22.8 Å². The van der Waals surface area contributed by atoms with Gasteiger partial charge in [-0.1, -0.05) is 17.7 Å². The molecule has 1 amide bonds. The fraction of sp³-hybridized carbons (Fsp3) is 0.360. The lowest BCUT2D eigenvalue weighted by Crippen LogP contribution is -2.50. The first-order chi connectivity index (χ1) is 19.1. The highest BCUT2D eigenvalue weighted by molar-refractivity contribution is 14.2. The number of benzene rings is 2. The molecule has 0 bridgehead atoms. The molecule has 2 aromatic carbocycles. The third-order valence-electron chi connectivity index (χ3n) is 6.05. The SMILES string of the molecule is COSc1nc(N2CCN(C(=O)OC(C)(C)C)CC2)c2cccc(Oc3c(Cl)c(F)cc4c3cnn4PI)c2n1. The van der Waals surface area contributed by atoms with Crippen molar-refractivity contribution in [1.82, 2.24) is 24.4 Å². The second kappa shape index (κ2) is 12.0. The average Bonchev–Trinajstić information content (AvgIpc) is 3.32. The number of piperazine rings is 1. The van der Waals surface area contributed by atoms with Crippen LogP contribution in [-0.2, 0) is 8.92 Å². The summed E-state index contributed by atoms with van der Waals surface area (Å²) in [5, 5.41) is 5.90. The first kappa shape index (κ1) is 29.3. The third kappa shape index (κ3) is 6.03. The van der Waals surface area contributed by atoms with E-state index >= 15 is 0 Å². The van der Waals surface area contributed by atoms with Gasteiger partial charge in [0.1, 0.15) is 27.8 Å². The number of carbonyl (C=O) groups is 1. The summed E-state index contributed by atoms with van der Waals surface area (Å²) in [7, 11) is 1.54. The molecule has 1 saturated heterocycles. The Kier molecular flexibility index (Phi) is 8.77. The van der Waals surface area contributed by atoms with Gasteiger partial charge in [-0.05, 0) is 54.9 Å². The normalized spacial score (nSPS) is 14.6. The van der Waals surface area contributed by atoms with Crippen LogP contribution in [0.2, 0.25) is 5.02 Å². The molecule has 10 nitrogen and oxygen atoms in total. The van der Waals surface area contributed by atoms with Crippen LogP contribution in [0.5, 0.6) is 11.5 Å². The molecule has 0 N–H and O–H groups in total. The Labute approximate surface area is 254 Å². The van der Waals surface area contributed by atoms with E-state index in [2.05, 4.69) is 37.0 Å². The van der Waals surface area contributed by atoms with E-state index in [1.54, 1.807) is 21.6 Å². The highest BCUT2D eigenvalue weighted by Crippen LogP contribution is 2.43. The maximum Gasteiger partial charge on any atom is 0.410 e. The van der Waals surface area contributed by atoms with E-state index in [9.17, 15) is 9.18 Å². The minimum Gasteiger partial charge on any atom is -0.453 e. The first-order valence-corrected chi connectivity index (χ1v) is 17.4. The number of anilines is 1. The van der Waals surface area contributed by atoms with Crippen LogP contribution in [0.1, 0.15) is 20.8 Å². The molecule has 2 aromatic heterocycles. The second-order valence-corrected chi connectivity index (χ2v) is 13.1. The van der Waals surface area contributed by atoms with Crippen LogP contribution in [-0.4, -0.2) is 69.4 Å². The molecule has 40 heavy (non-hydrogen) atoms. The number of para-hydroxylation sites is 1. The molecule has 1 unspecified atom stereocenters. The summed E-state index contributed by atoms with van der Waals surface area (Å²) < 4.78 is 33.6. The van der Waals surface area contributed by atoms with E-state index in [0.717, 1.165) is 17.4 Å². The second-order valence-electron chi connectivity index (χ2n) is 9.86. The van der Waals surface area contributed by atoms with E-state index in [0.29, 0.717) is 59.3 Å². The molecular formula is C25H26ClFIN6O4PS. The summed E-state index contributed by atoms with van der Waals surface area (Å²) in [6, 6.07) is 6.83. The van der Waals surface area contributed by atoms with Crippen molar-refractivity contribution in [3.05, 3.63) is 41.3 Å². The number of aromatic nitrogens is 4. The van der Waals surface area contributed by atoms with Crippen LogP contribution in [0.25, 0.3) is 21.8 Å². The largest absolute Gasteiger partial charge is 0.453 e. The van der Waals surface area contributed by atoms with Crippen LogP contribution < -0.4 is 9.64 Å². The number of hydrogen-bond donors (Lipinski definition) is 0. The molecule has 15 heteroatoms. The molecule has 4 aromatic rings. The third-order valence-corrected chi connectivity index (χ3v) is 8.79. The lowest BCUT2D eigenvalue weighted by atomic mass is 10.2. The molecule has 0 radical (unpaired) electrons. The van der Waals surface area contributed by atoms with Gasteiger partial charge in [0.15, 0.2) is 11.5 Å². The summed E-state index contributed by atoms with van der Waals surface area (Å²) in [6.07, 6.45) is 1.55. The number of hydrogen-bond acceptors (Lipinski definition) is 9. The van der Waals surface area contributed by atoms with Crippen LogP contribution >= 0.6 is 52.1 Å². The van der Waals surface area contributed by atoms with Crippen LogP contribution in [0.3, 0.4) is 0 Å². The van der Waals surface area contributed by atoms with Crippen molar-refractivity contribution in [1.29, 1.82) is 0 Å². The number of amides is 1. The van der Waals surface area contributed by atoms with Gasteiger partial charge in [-0.25, -0.2) is 23.6 Å². The number of nitrogens with zero attached hydrogens (tertiary/aromatic N) is 6. The van der Waals surface area contributed by atoms with Gasteiger partial charge in [-0.3, -0.25) is 0 Å². The fourth-order valence-corrected chi connectivity index (χ4v) is 6.44. The number of fused-ring (bicyclic) bond motifs is 2. The minimum atomic E-state index is -0.602. The monoisotopic (exact) mass is 718 g/mol. The van der Waals surface area contributed by atoms with Crippen LogP contribution in [0.4, 0.5) is 15.0 Å². The van der Waals surface area contributed by atoms with E-state index in [4.69, 9.17) is 30.2 Å². The van der Waals surface area contributed by atoms with Gasteiger partial charge in [0.25, 0.3) is 0 Å². The minimum absolute atomic E-state index is 0.139. The highest BCUT2D eigenvalue weighted by atomic mass is 127. The zero-order valence-corrected chi connectivity index (χ0v) is 26.8. The quantitative estimate of drug-likeness (QED) is 0.0899. The summed E-state index contributed by atoms with van der Waals surface area (Å²) in [5.74, 6) is 0.616. The van der Waals surface area contributed by atoms with E-state index < -0.39 is 11.4 Å². The zero-order chi connectivity index (χ0) is 28.6. The summed E-state index contributed by atoms with van der Waals surface area (Å²) in [6.45, 7) is 7.58. The Balaban J connectivity index is 1.52. The molecule has 3 heterocycles. The van der Waals surface area contributed by atoms with E-state index in [-0.39, 0.29) is 23.2 Å². The van der Waals surface area contributed by atoms with Gasteiger partial charge in [0.05, 0.1) is 42.6 Å². The number of halogens is 3. The Morgan fingerprint density at radius 1 is 1.18 bits per heavy atom. The van der Waals surface area contributed by atoms with Crippen LogP contribution in [0, 0.1) is 5.82 Å². The van der Waals surface area contributed by atoms with Gasteiger partial charge in [-0.15, -0.1) is 0 Å². The van der Waals surface area contributed by atoms with Gasteiger partial charge in [-0.2, -0.15) is 5.10 Å². The van der Waals surface area contributed by atoms with Gasteiger partial charge < -0.3 is 23.5 Å². The molecule has 212 valence electrons. The van der Waals surface area contributed by atoms with Crippen molar-refractivity contribution in [2.75, 3.05) is 38.2 Å². The molecule has 0 aliphatic carbocycles. The van der Waals surface area contributed by atoms with Crippen molar-refractivity contribution in [2.45, 2.75) is 31.5 Å². The van der Waals surface area contributed by atoms with Gasteiger partial charge in [0, 0.05) is 37.6 Å². The Hall–Kier alpha value is -2.19. The maximum atomic E-state index is 14.8. The topological polar surface area (TPSA) is 94.8 Å². The van der Waals surface area contributed by atoms with Crippen molar-refractivity contribution in [3.8, 4) is 11.5 Å². The molecule has 1 aliphatic rings. The lowest BCUT2D eigenvalue weighted by molar-refractivity contribution is 0.0240. The Morgan fingerprint density at radius 2 is 1.93 bits per heavy atom. The summed E-state index contributed by atoms with van der Waals surface area (Å²) in [5.41, 5.74) is 0.530. The smallest absolute Gasteiger partial charge is 0.410 e. The first-order valence-electron chi connectivity index (χ1n) is 12.2. The van der Waals surface area contributed by atoms with Crippen molar-refractivity contribution in [2.24, 2.45) is 0 Å². The summed E-state index contributed by atoms with van der Waals surface area (Å²) >= 11 is 9.60. The standard InChI is InChI=1S/C25H26ClFIN6O4PS/c1-25(2,3)38-24(35)33-10-8-32(9-11-33)22-14-6-5-7-18(20(14)30-23(31-22)40-36-4)37-21-15-13-29-34(39-28)17(15)12-16(27)19(21)26/h5-7,12-13,39H,8-11H2,1-4H3. The van der Waals surface area contributed by atoms with Crippen LogP contribution in [0.15, 0.2) is 35.6 Å². The molecule has 5 rings (SSSR count). The van der Waals surface area contributed by atoms with Gasteiger partial charge in [0.2, 0.25) is 5.16 Å². The fourth-order valence-electron chi connectivity index (χ4n) is 4.31. The maximum absolute atomic E-state index is 14.8.